The molecular weight excluding hydrogens is 440 g/mol. The fourth-order valence-corrected chi connectivity index (χ4v) is 4.32. The van der Waals surface area contributed by atoms with E-state index < -0.39 is 6.10 Å². The van der Waals surface area contributed by atoms with Gasteiger partial charge in [-0.1, -0.05) is 129 Å². The summed E-state index contributed by atoms with van der Waals surface area (Å²) in [5.74, 6) is -0.437. The van der Waals surface area contributed by atoms with Crippen LogP contribution < -0.4 is 0 Å². The molecule has 0 aliphatic rings. The van der Waals surface area contributed by atoms with Crippen LogP contribution in [-0.2, 0) is 23.8 Å². The molecule has 0 fully saturated rings. The van der Waals surface area contributed by atoms with Gasteiger partial charge in [-0.2, -0.15) is 0 Å². The zero-order chi connectivity index (χ0) is 25.8. The fourth-order valence-electron chi connectivity index (χ4n) is 4.32. The third kappa shape index (κ3) is 25.8. The number of carbonyl (C=O) groups excluding carboxylic acids is 2. The van der Waals surface area contributed by atoms with Crippen LogP contribution in [0.3, 0.4) is 0 Å². The molecule has 35 heavy (non-hydrogen) atoms. The molecule has 0 radical (unpaired) electrons. The maximum Gasteiger partial charge on any atom is 0.306 e. The van der Waals surface area contributed by atoms with Crippen LogP contribution in [0.25, 0.3) is 0 Å². The Labute approximate surface area is 217 Å². The SMILES string of the molecule is CCCCCCCCCCCCCC(=O)OC[C@H](COC)OC(=O)CCCCCCCCCCC. The molecule has 0 heterocycles. The molecule has 0 amide bonds. The van der Waals surface area contributed by atoms with E-state index in [1.165, 1.54) is 103 Å². The first-order valence-electron chi connectivity index (χ1n) is 15.0. The molecular formula is C30H58O5. The molecule has 0 N–H and O–H groups in total. The normalized spacial score (nSPS) is 12.0. The minimum Gasteiger partial charge on any atom is -0.462 e. The van der Waals surface area contributed by atoms with Crippen LogP contribution in [0.2, 0.25) is 0 Å². The van der Waals surface area contributed by atoms with E-state index in [9.17, 15) is 9.59 Å². The van der Waals surface area contributed by atoms with Crippen molar-refractivity contribution in [3.63, 3.8) is 0 Å². The quantitative estimate of drug-likeness (QED) is 0.0837. The van der Waals surface area contributed by atoms with Crippen molar-refractivity contribution in [2.24, 2.45) is 0 Å². The van der Waals surface area contributed by atoms with E-state index in [4.69, 9.17) is 14.2 Å². The molecule has 1 atom stereocenters. The van der Waals surface area contributed by atoms with Gasteiger partial charge in [0.05, 0.1) is 6.61 Å². The Balaban J connectivity index is 3.70. The molecule has 5 nitrogen and oxygen atoms in total. The number of carbonyl (C=O) groups is 2. The second kappa shape index (κ2) is 27.5. The minimum atomic E-state index is -0.521. The number of hydrogen-bond acceptors (Lipinski definition) is 5. The van der Waals surface area contributed by atoms with E-state index in [0.717, 1.165) is 25.7 Å². The first-order valence-corrected chi connectivity index (χ1v) is 15.0. The number of hydrogen-bond donors (Lipinski definition) is 0. The van der Waals surface area contributed by atoms with E-state index in [2.05, 4.69) is 13.8 Å². The number of rotatable bonds is 27. The molecule has 0 spiro atoms. The standard InChI is InChI=1S/C30H58O5/c1-4-6-8-10-12-14-15-17-18-20-22-24-29(31)34-27-28(26-33-3)35-30(32)25-23-21-19-16-13-11-9-7-5-2/h28H,4-27H2,1-3H3/t28-/m0/s1. The lowest BCUT2D eigenvalue weighted by molar-refractivity contribution is -0.162. The number of methoxy groups -OCH3 is 1. The number of ether oxygens (including phenoxy) is 3. The first kappa shape index (κ1) is 33.9. The summed E-state index contributed by atoms with van der Waals surface area (Å²) in [6.45, 7) is 4.81. The molecule has 0 bridgehead atoms. The Bertz CT molecular complexity index is 466. The van der Waals surface area contributed by atoms with E-state index in [0.29, 0.717) is 12.8 Å². The maximum absolute atomic E-state index is 12.1. The van der Waals surface area contributed by atoms with Crippen LogP contribution in [0.15, 0.2) is 0 Å². The molecule has 0 saturated heterocycles. The highest BCUT2D eigenvalue weighted by Crippen LogP contribution is 2.13. The predicted octanol–water partition coefficient (Wildman–Crippen LogP) is 8.71. The van der Waals surface area contributed by atoms with Gasteiger partial charge in [-0.15, -0.1) is 0 Å². The second-order valence-electron chi connectivity index (χ2n) is 10.1. The monoisotopic (exact) mass is 498 g/mol. The second-order valence-corrected chi connectivity index (χ2v) is 10.1. The van der Waals surface area contributed by atoms with Gasteiger partial charge in [0.2, 0.25) is 0 Å². The molecule has 0 aliphatic carbocycles. The molecule has 0 unspecified atom stereocenters. The summed E-state index contributed by atoms with van der Waals surface area (Å²) in [7, 11) is 1.56. The molecule has 0 saturated carbocycles. The van der Waals surface area contributed by atoms with Gasteiger partial charge in [-0.25, -0.2) is 0 Å². The summed E-state index contributed by atoms with van der Waals surface area (Å²) >= 11 is 0. The number of unbranched alkanes of at least 4 members (excludes halogenated alkanes) is 18. The van der Waals surface area contributed by atoms with Gasteiger partial charge in [0, 0.05) is 20.0 Å². The average Bonchev–Trinajstić information content (AvgIpc) is 2.85. The third-order valence-corrected chi connectivity index (χ3v) is 6.55. The van der Waals surface area contributed by atoms with E-state index in [1.807, 2.05) is 0 Å². The van der Waals surface area contributed by atoms with E-state index in [-0.39, 0.29) is 25.2 Å². The Morgan fingerprint density at radius 3 is 1.29 bits per heavy atom. The van der Waals surface area contributed by atoms with Crippen LogP contribution >= 0.6 is 0 Å². The highest BCUT2D eigenvalue weighted by atomic mass is 16.6. The fraction of sp³-hybridized carbons (Fsp3) is 0.933. The molecule has 208 valence electrons. The molecule has 0 aromatic rings. The summed E-state index contributed by atoms with van der Waals surface area (Å²) in [5.41, 5.74) is 0. The predicted molar refractivity (Wildman–Crippen MR) is 146 cm³/mol. The summed E-state index contributed by atoms with van der Waals surface area (Å²) in [4.78, 5) is 24.2. The van der Waals surface area contributed by atoms with Gasteiger partial charge in [0.25, 0.3) is 0 Å². The summed E-state index contributed by atoms with van der Waals surface area (Å²) in [6.07, 6.45) is 25.1. The van der Waals surface area contributed by atoms with E-state index in [1.54, 1.807) is 7.11 Å². The van der Waals surface area contributed by atoms with Gasteiger partial charge < -0.3 is 14.2 Å². The van der Waals surface area contributed by atoms with Crippen molar-refractivity contribution in [3.8, 4) is 0 Å². The topological polar surface area (TPSA) is 61.8 Å². The van der Waals surface area contributed by atoms with Gasteiger partial charge in [-0.05, 0) is 12.8 Å². The highest BCUT2D eigenvalue weighted by Gasteiger charge is 2.17. The zero-order valence-electron chi connectivity index (χ0n) is 23.6. The zero-order valence-corrected chi connectivity index (χ0v) is 23.6. The molecule has 0 aromatic heterocycles. The average molecular weight is 499 g/mol. The Hall–Kier alpha value is -1.10. The van der Waals surface area contributed by atoms with Crippen molar-refractivity contribution in [2.45, 2.75) is 161 Å². The number of esters is 2. The van der Waals surface area contributed by atoms with Crippen molar-refractivity contribution in [1.82, 2.24) is 0 Å². The summed E-state index contributed by atoms with van der Waals surface area (Å²) in [5, 5.41) is 0. The third-order valence-electron chi connectivity index (χ3n) is 6.55. The van der Waals surface area contributed by atoms with Gasteiger partial charge in [0.15, 0.2) is 6.10 Å². The van der Waals surface area contributed by atoms with E-state index >= 15 is 0 Å². The lowest BCUT2D eigenvalue weighted by atomic mass is 10.1. The Morgan fingerprint density at radius 2 is 0.886 bits per heavy atom. The van der Waals surface area contributed by atoms with Gasteiger partial charge in [0.1, 0.15) is 6.61 Å². The van der Waals surface area contributed by atoms with Crippen LogP contribution in [0.5, 0.6) is 0 Å². The molecule has 0 rings (SSSR count). The lowest BCUT2D eigenvalue weighted by Gasteiger charge is -2.17. The highest BCUT2D eigenvalue weighted by molar-refractivity contribution is 5.70. The molecule has 0 aliphatic heterocycles. The maximum atomic E-state index is 12.1. The van der Waals surface area contributed by atoms with Crippen molar-refractivity contribution in [1.29, 1.82) is 0 Å². The van der Waals surface area contributed by atoms with Gasteiger partial charge in [-0.3, -0.25) is 9.59 Å². The largest absolute Gasteiger partial charge is 0.462 e. The smallest absolute Gasteiger partial charge is 0.306 e. The molecule has 0 aromatic carbocycles. The van der Waals surface area contributed by atoms with Crippen molar-refractivity contribution < 1.29 is 23.8 Å². The summed E-state index contributed by atoms with van der Waals surface area (Å²) < 4.78 is 16.0. The van der Waals surface area contributed by atoms with Crippen LogP contribution in [0.4, 0.5) is 0 Å². The van der Waals surface area contributed by atoms with Crippen molar-refractivity contribution >= 4 is 11.9 Å². The van der Waals surface area contributed by atoms with Crippen molar-refractivity contribution in [2.75, 3.05) is 20.3 Å². The first-order chi connectivity index (χ1) is 17.1. The Morgan fingerprint density at radius 1 is 0.514 bits per heavy atom. The minimum absolute atomic E-state index is 0.0776. The lowest BCUT2D eigenvalue weighted by Crippen LogP contribution is -2.29. The van der Waals surface area contributed by atoms with Crippen LogP contribution in [0.1, 0.15) is 155 Å². The molecule has 5 heteroatoms. The van der Waals surface area contributed by atoms with Crippen LogP contribution in [-0.4, -0.2) is 38.4 Å². The van der Waals surface area contributed by atoms with Gasteiger partial charge >= 0.3 is 11.9 Å². The Kier molecular flexibility index (Phi) is 26.6. The van der Waals surface area contributed by atoms with Crippen molar-refractivity contribution in [3.05, 3.63) is 0 Å². The van der Waals surface area contributed by atoms with Crippen LogP contribution in [0, 0.1) is 0 Å². The summed E-state index contributed by atoms with van der Waals surface area (Å²) in [6, 6.07) is 0.